The summed E-state index contributed by atoms with van der Waals surface area (Å²) in [6.07, 6.45) is 28.2. The molecule has 0 unspecified atom stereocenters. The number of fused-ring (bicyclic) bond motifs is 1. The highest BCUT2D eigenvalue weighted by Crippen LogP contribution is 2.32. The van der Waals surface area contributed by atoms with Gasteiger partial charge in [0.15, 0.2) is 0 Å². The van der Waals surface area contributed by atoms with Crippen molar-refractivity contribution in [3.8, 4) is 5.75 Å². The van der Waals surface area contributed by atoms with Gasteiger partial charge >= 0.3 is 5.97 Å². The van der Waals surface area contributed by atoms with Crippen molar-refractivity contribution < 1.29 is 14.3 Å². The number of benzene rings is 1. The maximum Gasteiger partial charge on any atom is 0.330 e. The number of hydrogen-bond donors (Lipinski definition) is 1. The Hall–Kier alpha value is -2.18. The molecule has 1 N–H and O–H groups in total. The van der Waals surface area contributed by atoms with Crippen LogP contribution in [0.4, 0.5) is 0 Å². The number of ether oxygens (including phenoxy) is 1. The normalized spacial score (nSPS) is 14.3. The van der Waals surface area contributed by atoms with Gasteiger partial charge in [-0.15, -0.1) is 11.3 Å². The second-order valence-corrected chi connectivity index (χ2v) is 14.8. The molecule has 0 radical (unpaired) electrons. The molecule has 6 heteroatoms. The van der Waals surface area contributed by atoms with Gasteiger partial charge in [-0.3, -0.25) is 9.69 Å². The standard InChI is InChI=1S/C41H66N2O3S/c1-3-5-6-7-8-9-10-11-12-13-14-15-16-17-18-19-20-26-40(44)42-34-41(45)46-39-25-21-23-35-33-36(27-28-38(35)39)43(30-4-2)31-29-37-24-22-32-47-37/h21-25,32,36H,3-20,26-31,33-34H2,1-2H3,(H,42,44)/t36-/m0/s1. The summed E-state index contributed by atoms with van der Waals surface area (Å²) in [5.74, 6) is 0.216. The van der Waals surface area contributed by atoms with Gasteiger partial charge in [0, 0.05) is 23.9 Å². The number of carbonyl (C=O) groups is 2. The van der Waals surface area contributed by atoms with Gasteiger partial charge in [0.05, 0.1) is 0 Å². The third-order valence-corrected chi connectivity index (χ3v) is 10.8. The number of unbranched alkanes of at least 4 members (excludes halogenated alkanes) is 16. The topological polar surface area (TPSA) is 58.6 Å². The van der Waals surface area contributed by atoms with E-state index in [0.717, 1.165) is 63.6 Å². The molecular weight excluding hydrogens is 601 g/mol. The number of thiophene rings is 1. The van der Waals surface area contributed by atoms with E-state index >= 15 is 0 Å². The molecule has 1 atom stereocenters. The van der Waals surface area contributed by atoms with Crippen LogP contribution in [-0.2, 0) is 28.9 Å². The van der Waals surface area contributed by atoms with E-state index in [9.17, 15) is 9.59 Å². The average molecular weight is 667 g/mol. The fourth-order valence-corrected chi connectivity index (χ4v) is 7.76. The minimum atomic E-state index is -0.389. The van der Waals surface area contributed by atoms with Gasteiger partial charge in [0.25, 0.3) is 0 Å². The molecule has 2 aromatic rings. The number of esters is 1. The average Bonchev–Trinajstić information content (AvgIpc) is 3.61. The van der Waals surface area contributed by atoms with Crippen LogP contribution in [-0.4, -0.2) is 42.5 Å². The maximum absolute atomic E-state index is 12.6. The van der Waals surface area contributed by atoms with Crippen LogP contribution in [0.3, 0.4) is 0 Å². The fraction of sp³-hybridized carbons (Fsp3) is 0.707. The van der Waals surface area contributed by atoms with Gasteiger partial charge < -0.3 is 10.1 Å². The van der Waals surface area contributed by atoms with Gasteiger partial charge in [-0.05, 0) is 73.7 Å². The third kappa shape index (κ3) is 16.7. The predicted octanol–water partition coefficient (Wildman–Crippen LogP) is 10.6. The van der Waals surface area contributed by atoms with E-state index < -0.39 is 0 Å². The first kappa shape index (κ1) is 39.3. The summed E-state index contributed by atoms with van der Waals surface area (Å²) in [6.45, 7) is 6.66. The molecule has 1 aromatic carbocycles. The minimum Gasteiger partial charge on any atom is -0.425 e. The van der Waals surface area contributed by atoms with E-state index in [2.05, 4.69) is 47.6 Å². The molecule has 0 spiro atoms. The SMILES string of the molecule is CCCCCCCCCCCCCCCCCCCC(=O)NCC(=O)Oc1cccc2c1CC[C@H](N(CCC)CCc1cccs1)C2. The summed E-state index contributed by atoms with van der Waals surface area (Å²) in [5.41, 5.74) is 2.44. The van der Waals surface area contributed by atoms with Gasteiger partial charge in [0.1, 0.15) is 12.3 Å². The van der Waals surface area contributed by atoms with Crippen molar-refractivity contribution in [3.63, 3.8) is 0 Å². The lowest BCUT2D eigenvalue weighted by Crippen LogP contribution is -2.41. The first-order chi connectivity index (χ1) is 23.1. The number of carbonyl (C=O) groups excluding carboxylic acids is 2. The molecule has 0 saturated heterocycles. The maximum atomic E-state index is 12.6. The Morgan fingerprint density at radius 1 is 0.787 bits per heavy atom. The lowest BCUT2D eigenvalue weighted by Gasteiger charge is -2.35. The highest BCUT2D eigenvalue weighted by Gasteiger charge is 2.26. The summed E-state index contributed by atoms with van der Waals surface area (Å²) >= 11 is 1.84. The smallest absolute Gasteiger partial charge is 0.330 e. The molecule has 0 fully saturated rings. The molecule has 1 aliphatic carbocycles. The molecular formula is C41H66N2O3S. The Morgan fingerprint density at radius 2 is 1.43 bits per heavy atom. The van der Waals surface area contributed by atoms with E-state index in [1.807, 2.05) is 23.5 Å². The van der Waals surface area contributed by atoms with Gasteiger partial charge in [-0.25, -0.2) is 4.79 Å². The van der Waals surface area contributed by atoms with Gasteiger partial charge in [-0.2, -0.15) is 0 Å². The van der Waals surface area contributed by atoms with Crippen molar-refractivity contribution in [3.05, 3.63) is 51.7 Å². The van der Waals surface area contributed by atoms with Crippen LogP contribution >= 0.6 is 11.3 Å². The number of hydrogen-bond acceptors (Lipinski definition) is 5. The summed E-state index contributed by atoms with van der Waals surface area (Å²) in [7, 11) is 0. The molecule has 0 aliphatic heterocycles. The van der Waals surface area contributed by atoms with E-state index in [-0.39, 0.29) is 18.4 Å². The van der Waals surface area contributed by atoms with E-state index in [1.165, 1.54) is 107 Å². The van der Waals surface area contributed by atoms with Crippen LogP contribution in [0.1, 0.15) is 158 Å². The molecule has 264 valence electrons. The van der Waals surface area contributed by atoms with Gasteiger partial charge in [-0.1, -0.05) is 135 Å². The lowest BCUT2D eigenvalue weighted by atomic mass is 9.86. The van der Waals surface area contributed by atoms with Crippen LogP contribution in [0, 0.1) is 0 Å². The van der Waals surface area contributed by atoms with Gasteiger partial charge in [0.2, 0.25) is 5.91 Å². The Bertz CT molecular complexity index is 1100. The fourth-order valence-electron chi connectivity index (χ4n) is 7.06. The number of rotatable bonds is 27. The van der Waals surface area contributed by atoms with Crippen LogP contribution in [0.15, 0.2) is 35.7 Å². The molecule has 0 bridgehead atoms. The zero-order chi connectivity index (χ0) is 33.4. The lowest BCUT2D eigenvalue weighted by molar-refractivity contribution is -0.135. The Kier molecular flexibility index (Phi) is 20.8. The molecule has 5 nitrogen and oxygen atoms in total. The van der Waals surface area contributed by atoms with Crippen molar-refractivity contribution in [2.24, 2.45) is 0 Å². The zero-order valence-corrected chi connectivity index (χ0v) is 30.8. The van der Waals surface area contributed by atoms with Crippen molar-refractivity contribution in [1.82, 2.24) is 10.2 Å². The molecule has 1 amide bonds. The van der Waals surface area contributed by atoms with E-state index in [1.54, 1.807) is 0 Å². The van der Waals surface area contributed by atoms with Crippen LogP contribution in [0.5, 0.6) is 5.75 Å². The van der Waals surface area contributed by atoms with Crippen LogP contribution < -0.4 is 10.1 Å². The van der Waals surface area contributed by atoms with Crippen LogP contribution in [0.2, 0.25) is 0 Å². The Morgan fingerprint density at radius 3 is 2.02 bits per heavy atom. The second kappa shape index (κ2) is 24.9. The van der Waals surface area contributed by atoms with E-state index in [0.29, 0.717) is 18.2 Å². The number of amides is 1. The predicted molar refractivity (Wildman–Crippen MR) is 200 cm³/mol. The molecule has 1 aliphatic rings. The summed E-state index contributed by atoms with van der Waals surface area (Å²) in [6, 6.07) is 11.0. The van der Waals surface area contributed by atoms with Crippen molar-refractivity contribution in [1.29, 1.82) is 0 Å². The molecule has 3 rings (SSSR count). The molecule has 1 heterocycles. The second-order valence-electron chi connectivity index (χ2n) is 13.8. The monoisotopic (exact) mass is 666 g/mol. The van der Waals surface area contributed by atoms with Crippen LogP contribution in [0.25, 0.3) is 0 Å². The zero-order valence-electron chi connectivity index (χ0n) is 30.0. The first-order valence-corrected chi connectivity index (χ1v) is 20.3. The quantitative estimate of drug-likeness (QED) is 0.0586. The highest BCUT2D eigenvalue weighted by molar-refractivity contribution is 7.09. The molecule has 47 heavy (non-hydrogen) atoms. The number of nitrogens with one attached hydrogen (secondary N) is 1. The Labute approximate surface area is 291 Å². The summed E-state index contributed by atoms with van der Waals surface area (Å²) in [4.78, 5) is 29.1. The highest BCUT2D eigenvalue weighted by atomic mass is 32.1. The van der Waals surface area contributed by atoms with Crippen molar-refractivity contribution in [2.45, 2.75) is 168 Å². The molecule has 0 saturated carbocycles. The summed E-state index contributed by atoms with van der Waals surface area (Å²) in [5, 5.41) is 4.94. The van der Waals surface area contributed by atoms with Crippen molar-refractivity contribution in [2.75, 3.05) is 19.6 Å². The number of nitrogens with zero attached hydrogens (tertiary/aromatic N) is 1. The molecule has 1 aromatic heterocycles. The summed E-state index contributed by atoms with van der Waals surface area (Å²) < 4.78 is 5.78. The minimum absolute atomic E-state index is 0.0561. The first-order valence-electron chi connectivity index (χ1n) is 19.4. The van der Waals surface area contributed by atoms with Crippen molar-refractivity contribution >= 4 is 23.2 Å². The van der Waals surface area contributed by atoms with E-state index in [4.69, 9.17) is 4.74 Å². The Balaban J connectivity index is 1.21. The largest absolute Gasteiger partial charge is 0.425 e. The third-order valence-electron chi connectivity index (χ3n) is 9.83.